The monoisotopic (exact) mass is 334 g/mol. The predicted molar refractivity (Wildman–Crippen MR) is 88.8 cm³/mol. The highest BCUT2D eigenvalue weighted by Gasteiger charge is 2.64. The number of hydrogen-bond acceptors (Lipinski definition) is 3. The summed E-state index contributed by atoms with van der Waals surface area (Å²) < 4.78 is 15.0. The largest absolute Gasteiger partial charge is 0.393 e. The maximum atomic E-state index is 15.0. The number of aliphatic hydroxyl groups is 2. The summed E-state index contributed by atoms with van der Waals surface area (Å²) >= 11 is 0. The van der Waals surface area contributed by atoms with Gasteiger partial charge in [-0.25, -0.2) is 4.39 Å². The van der Waals surface area contributed by atoms with E-state index in [4.69, 9.17) is 0 Å². The first kappa shape index (κ1) is 16.5. The molecule has 0 aliphatic heterocycles. The lowest BCUT2D eigenvalue weighted by atomic mass is 9.47. The Bertz CT molecular complexity index is 641. The summed E-state index contributed by atoms with van der Waals surface area (Å²) in [5, 5.41) is 21.7. The molecule has 4 heteroatoms. The minimum atomic E-state index is -1.15. The van der Waals surface area contributed by atoms with Gasteiger partial charge in [0, 0.05) is 11.3 Å². The standard InChI is InChI=1S/C20H27FO3/c1-10-6-13-12-8-15(21)14-7-11(22)4-5-19(14,2)17(12)16(23)9-20(13,3)18(10)24/h4-5,7,10,12-13,15-18,23-24H,6,8-9H2,1-3H3/t10-,12+,13+,15+,16+,17-,18-,19+,20+/m1/s1. The van der Waals surface area contributed by atoms with Crippen molar-refractivity contribution in [1.29, 1.82) is 0 Å². The molecular formula is C20H27FO3. The molecule has 0 aromatic carbocycles. The number of fused-ring (bicyclic) bond motifs is 5. The molecule has 0 bridgehead atoms. The van der Waals surface area contributed by atoms with Crippen molar-refractivity contribution in [3.8, 4) is 0 Å². The van der Waals surface area contributed by atoms with E-state index in [1.807, 2.05) is 13.0 Å². The van der Waals surface area contributed by atoms with Crippen LogP contribution in [-0.4, -0.2) is 34.4 Å². The van der Waals surface area contributed by atoms with Crippen LogP contribution in [0, 0.1) is 34.5 Å². The fourth-order valence-corrected chi connectivity index (χ4v) is 6.68. The summed E-state index contributed by atoms with van der Waals surface area (Å²) in [5.74, 6) is 0.184. The molecule has 132 valence electrons. The van der Waals surface area contributed by atoms with Crippen molar-refractivity contribution in [2.45, 2.75) is 58.4 Å². The molecule has 9 atom stereocenters. The van der Waals surface area contributed by atoms with Gasteiger partial charge in [0.25, 0.3) is 0 Å². The van der Waals surface area contributed by atoms with Gasteiger partial charge in [-0.05, 0) is 60.2 Å². The molecule has 3 fully saturated rings. The average molecular weight is 334 g/mol. The lowest BCUT2D eigenvalue weighted by Gasteiger charge is -2.58. The Kier molecular flexibility index (Phi) is 3.44. The van der Waals surface area contributed by atoms with Crippen molar-refractivity contribution in [3.05, 3.63) is 23.8 Å². The summed E-state index contributed by atoms with van der Waals surface area (Å²) in [7, 11) is 0. The minimum absolute atomic E-state index is 0.0355. The number of halogens is 1. The molecule has 3 nitrogen and oxygen atoms in total. The van der Waals surface area contributed by atoms with Gasteiger partial charge in [0.1, 0.15) is 6.17 Å². The highest BCUT2D eigenvalue weighted by Crippen LogP contribution is 2.65. The Morgan fingerprint density at radius 2 is 1.96 bits per heavy atom. The van der Waals surface area contributed by atoms with Gasteiger partial charge in [-0.2, -0.15) is 0 Å². The number of aliphatic hydroxyl groups excluding tert-OH is 2. The maximum Gasteiger partial charge on any atom is 0.178 e. The van der Waals surface area contributed by atoms with Crippen LogP contribution >= 0.6 is 0 Å². The Morgan fingerprint density at radius 1 is 1.25 bits per heavy atom. The molecule has 0 aromatic heterocycles. The fraction of sp³-hybridized carbons (Fsp3) is 0.750. The lowest BCUT2D eigenvalue weighted by molar-refractivity contribution is -0.137. The topological polar surface area (TPSA) is 57.5 Å². The summed E-state index contributed by atoms with van der Waals surface area (Å²) in [6.07, 6.45) is 4.38. The molecule has 3 saturated carbocycles. The van der Waals surface area contributed by atoms with Crippen molar-refractivity contribution in [2.75, 3.05) is 0 Å². The summed E-state index contributed by atoms with van der Waals surface area (Å²) in [6, 6.07) is 0. The van der Waals surface area contributed by atoms with E-state index in [9.17, 15) is 15.0 Å². The SMILES string of the molecule is C[C@@H]1C[C@H]2[C@@H]3C[C@H](F)C4=CC(=O)C=C[C@]4(C)[C@H]3[C@@H](O)C[C@]2(C)[C@@H]1O. The van der Waals surface area contributed by atoms with E-state index in [2.05, 4.69) is 13.8 Å². The Labute approximate surface area is 142 Å². The van der Waals surface area contributed by atoms with Crippen LogP contribution < -0.4 is 0 Å². The second-order valence-corrected chi connectivity index (χ2v) is 9.05. The van der Waals surface area contributed by atoms with E-state index in [0.717, 1.165) is 6.42 Å². The fourth-order valence-electron chi connectivity index (χ4n) is 6.68. The van der Waals surface area contributed by atoms with E-state index in [0.29, 0.717) is 18.4 Å². The van der Waals surface area contributed by atoms with Crippen LogP contribution in [0.2, 0.25) is 0 Å². The lowest BCUT2D eigenvalue weighted by Crippen LogP contribution is -2.58. The molecule has 0 radical (unpaired) electrons. The first-order valence-electron chi connectivity index (χ1n) is 9.14. The van der Waals surface area contributed by atoms with E-state index < -0.39 is 23.8 Å². The van der Waals surface area contributed by atoms with E-state index in [1.54, 1.807) is 0 Å². The van der Waals surface area contributed by atoms with Crippen molar-refractivity contribution in [2.24, 2.45) is 34.5 Å². The van der Waals surface area contributed by atoms with Gasteiger partial charge in [-0.1, -0.05) is 26.8 Å². The molecule has 0 aromatic rings. The van der Waals surface area contributed by atoms with E-state index >= 15 is 4.39 Å². The number of carbonyl (C=O) groups excluding carboxylic acids is 1. The molecule has 0 unspecified atom stereocenters. The maximum absolute atomic E-state index is 15.0. The zero-order valence-electron chi connectivity index (χ0n) is 14.6. The van der Waals surface area contributed by atoms with Gasteiger partial charge in [0.2, 0.25) is 0 Å². The molecule has 0 heterocycles. The Morgan fingerprint density at radius 3 is 2.67 bits per heavy atom. The second-order valence-electron chi connectivity index (χ2n) is 9.05. The molecule has 0 amide bonds. The first-order valence-corrected chi connectivity index (χ1v) is 9.14. The second kappa shape index (κ2) is 5.01. The molecule has 4 rings (SSSR count). The van der Waals surface area contributed by atoms with Crippen LogP contribution in [-0.2, 0) is 4.79 Å². The zero-order valence-corrected chi connectivity index (χ0v) is 14.6. The first-order chi connectivity index (χ1) is 11.2. The van der Waals surface area contributed by atoms with Crippen molar-refractivity contribution < 1.29 is 19.4 Å². The average Bonchev–Trinajstić information content (AvgIpc) is 2.72. The number of hydrogen-bond donors (Lipinski definition) is 2. The van der Waals surface area contributed by atoms with E-state index in [-0.39, 0.29) is 34.9 Å². The van der Waals surface area contributed by atoms with Crippen molar-refractivity contribution >= 4 is 5.78 Å². The smallest absolute Gasteiger partial charge is 0.178 e. The highest BCUT2D eigenvalue weighted by molar-refractivity contribution is 6.01. The van der Waals surface area contributed by atoms with Crippen molar-refractivity contribution in [3.63, 3.8) is 0 Å². The molecule has 2 N–H and O–H groups in total. The van der Waals surface area contributed by atoms with Gasteiger partial charge >= 0.3 is 0 Å². The third-order valence-corrected chi connectivity index (χ3v) is 7.75. The van der Waals surface area contributed by atoms with Crippen molar-refractivity contribution in [1.82, 2.24) is 0 Å². The third kappa shape index (κ3) is 1.93. The highest BCUT2D eigenvalue weighted by atomic mass is 19.1. The molecular weight excluding hydrogens is 307 g/mol. The zero-order chi connectivity index (χ0) is 17.4. The molecule has 0 saturated heterocycles. The number of ketones is 1. The molecule has 4 aliphatic rings. The minimum Gasteiger partial charge on any atom is -0.393 e. The number of alkyl halides is 1. The Hall–Kier alpha value is -1.00. The van der Waals surface area contributed by atoms with Crippen LogP contribution in [0.25, 0.3) is 0 Å². The third-order valence-electron chi connectivity index (χ3n) is 7.75. The van der Waals surface area contributed by atoms with Crippen LogP contribution in [0.1, 0.15) is 40.0 Å². The van der Waals surface area contributed by atoms with Gasteiger partial charge in [-0.3, -0.25) is 4.79 Å². The number of rotatable bonds is 0. The van der Waals surface area contributed by atoms with Gasteiger partial charge in [0.05, 0.1) is 12.2 Å². The van der Waals surface area contributed by atoms with E-state index in [1.165, 1.54) is 12.2 Å². The summed E-state index contributed by atoms with van der Waals surface area (Å²) in [4.78, 5) is 11.7. The summed E-state index contributed by atoms with van der Waals surface area (Å²) in [6.45, 7) is 6.08. The number of carbonyl (C=O) groups is 1. The normalized spacial score (nSPS) is 56.3. The van der Waals surface area contributed by atoms with Crippen LogP contribution in [0.15, 0.2) is 23.8 Å². The van der Waals surface area contributed by atoms with Gasteiger partial charge in [-0.15, -0.1) is 0 Å². The van der Waals surface area contributed by atoms with Crippen LogP contribution in [0.5, 0.6) is 0 Å². The van der Waals surface area contributed by atoms with Gasteiger partial charge in [0.15, 0.2) is 5.78 Å². The Balaban J connectivity index is 1.79. The quantitative estimate of drug-likeness (QED) is 0.716. The van der Waals surface area contributed by atoms with Crippen LogP contribution in [0.3, 0.4) is 0 Å². The van der Waals surface area contributed by atoms with Gasteiger partial charge < -0.3 is 10.2 Å². The molecule has 24 heavy (non-hydrogen) atoms. The molecule has 0 spiro atoms. The summed E-state index contributed by atoms with van der Waals surface area (Å²) in [5.41, 5.74) is -0.412. The predicted octanol–water partition coefficient (Wildman–Crippen LogP) is 2.82. The number of allylic oxidation sites excluding steroid dienone is 4. The molecule has 4 aliphatic carbocycles. The van der Waals surface area contributed by atoms with Crippen LogP contribution in [0.4, 0.5) is 4.39 Å².